The number of halogens is 1. The second kappa shape index (κ2) is 9.40. The van der Waals surface area contributed by atoms with Gasteiger partial charge in [0, 0.05) is 10.8 Å². The third-order valence-corrected chi connectivity index (χ3v) is 6.11. The van der Waals surface area contributed by atoms with Gasteiger partial charge in [0.15, 0.2) is 10.4 Å². The number of carbonyl (C=O) groups excluding carboxylic acids is 1. The molecule has 0 fully saturated rings. The highest BCUT2D eigenvalue weighted by atomic mass is 35.5. The highest BCUT2D eigenvalue weighted by Crippen LogP contribution is 2.28. The lowest BCUT2D eigenvalue weighted by atomic mass is 10.1. The molecule has 2 rings (SSSR count). The largest absolute Gasteiger partial charge is 0.481 e. The van der Waals surface area contributed by atoms with Gasteiger partial charge < -0.3 is 4.74 Å². The van der Waals surface area contributed by atoms with Crippen molar-refractivity contribution >= 4 is 45.7 Å². The van der Waals surface area contributed by atoms with E-state index in [1.165, 1.54) is 11.3 Å². The number of amides is 1. The van der Waals surface area contributed by atoms with Gasteiger partial charge in [-0.25, -0.2) is 0 Å². The van der Waals surface area contributed by atoms with Gasteiger partial charge in [0.25, 0.3) is 5.91 Å². The minimum atomic E-state index is -0.653. The number of nitrogens with zero attached hydrogens (tertiary/aromatic N) is 2. The predicted molar refractivity (Wildman–Crippen MR) is 105 cm³/mol. The number of ether oxygens (including phenoxy) is 1. The Labute approximate surface area is 161 Å². The summed E-state index contributed by atoms with van der Waals surface area (Å²) in [5, 5.41) is 12.0. The third kappa shape index (κ3) is 5.87. The first kappa shape index (κ1) is 20.0. The minimum absolute atomic E-state index is 0.258. The number of unbranched alkanes of at least 4 members (excludes halogenated alkanes) is 1. The van der Waals surface area contributed by atoms with Crippen LogP contribution in [0.4, 0.5) is 5.13 Å². The van der Waals surface area contributed by atoms with E-state index in [0.717, 1.165) is 34.1 Å². The fraction of sp³-hybridized carbons (Fsp3) is 0.471. The van der Waals surface area contributed by atoms with Gasteiger partial charge in [0.05, 0.1) is 0 Å². The molecule has 2 aromatic rings. The van der Waals surface area contributed by atoms with Crippen LogP contribution in [0.3, 0.4) is 0 Å². The van der Waals surface area contributed by atoms with Crippen molar-refractivity contribution in [1.82, 2.24) is 10.2 Å². The van der Waals surface area contributed by atoms with Crippen molar-refractivity contribution < 1.29 is 9.53 Å². The molecule has 0 radical (unpaired) electrons. The molecule has 0 saturated carbocycles. The maximum absolute atomic E-state index is 12.3. The molecule has 1 aromatic heterocycles. The van der Waals surface area contributed by atoms with Crippen molar-refractivity contribution in [1.29, 1.82) is 0 Å². The molecule has 8 heteroatoms. The van der Waals surface area contributed by atoms with Crippen molar-refractivity contribution in [3.05, 3.63) is 28.3 Å². The normalized spacial score (nSPS) is 12.0. The average molecular weight is 400 g/mol. The zero-order valence-electron chi connectivity index (χ0n) is 14.8. The fourth-order valence-electron chi connectivity index (χ4n) is 2.06. The highest BCUT2D eigenvalue weighted by molar-refractivity contribution is 8.01. The number of nitrogens with one attached hydrogen (secondary N) is 1. The number of hydrogen-bond acceptors (Lipinski definition) is 6. The molecule has 1 aromatic carbocycles. The van der Waals surface area contributed by atoms with E-state index >= 15 is 0 Å². The van der Waals surface area contributed by atoms with Crippen molar-refractivity contribution in [3.63, 3.8) is 0 Å². The van der Waals surface area contributed by atoms with E-state index in [9.17, 15) is 4.79 Å². The number of thioether (sulfide) groups is 1. The summed E-state index contributed by atoms with van der Waals surface area (Å²) < 4.78 is 6.59. The first-order chi connectivity index (χ1) is 11.9. The molecule has 0 bridgehead atoms. The summed E-state index contributed by atoms with van der Waals surface area (Å²) in [4.78, 5) is 12.3. The summed E-state index contributed by atoms with van der Waals surface area (Å²) in [6.45, 7) is 7.67. The van der Waals surface area contributed by atoms with E-state index < -0.39 is 6.10 Å². The Balaban J connectivity index is 1.92. The second-order valence-corrected chi connectivity index (χ2v) is 8.39. The lowest BCUT2D eigenvalue weighted by Gasteiger charge is -2.15. The monoisotopic (exact) mass is 399 g/mol. The van der Waals surface area contributed by atoms with Crippen LogP contribution < -0.4 is 10.1 Å². The molecule has 1 amide bonds. The summed E-state index contributed by atoms with van der Waals surface area (Å²) in [6.07, 6.45) is 1.63. The van der Waals surface area contributed by atoms with Crippen molar-refractivity contribution in [3.8, 4) is 5.75 Å². The van der Waals surface area contributed by atoms with Crippen LogP contribution in [0.15, 0.2) is 16.5 Å². The van der Waals surface area contributed by atoms with E-state index in [-0.39, 0.29) is 5.91 Å². The van der Waals surface area contributed by atoms with Gasteiger partial charge >= 0.3 is 0 Å². The number of aryl methyl sites for hydroxylation is 2. The summed E-state index contributed by atoms with van der Waals surface area (Å²) in [7, 11) is 0. The molecular formula is C17H22ClN3O2S2. The fourth-order valence-corrected chi connectivity index (χ4v) is 4.08. The van der Waals surface area contributed by atoms with Gasteiger partial charge in [-0.05, 0) is 50.5 Å². The SMILES string of the molecule is CCCCSc1nnc(NC(=O)C(C)Oc2cc(C)c(Cl)c(C)c2)s1. The summed E-state index contributed by atoms with van der Waals surface area (Å²) in [5.74, 6) is 1.37. The maximum atomic E-state index is 12.3. The van der Waals surface area contributed by atoms with Crippen LogP contribution >= 0.6 is 34.7 Å². The Morgan fingerprint density at radius 2 is 2.04 bits per heavy atom. The zero-order chi connectivity index (χ0) is 18.4. The molecule has 1 unspecified atom stereocenters. The molecule has 25 heavy (non-hydrogen) atoms. The average Bonchev–Trinajstić information content (AvgIpc) is 3.00. The van der Waals surface area contributed by atoms with E-state index in [4.69, 9.17) is 16.3 Å². The number of carbonyl (C=O) groups is 1. The van der Waals surface area contributed by atoms with E-state index in [0.29, 0.717) is 15.9 Å². The van der Waals surface area contributed by atoms with Gasteiger partial charge in [-0.15, -0.1) is 10.2 Å². The zero-order valence-corrected chi connectivity index (χ0v) is 17.1. The highest BCUT2D eigenvalue weighted by Gasteiger charge is 2.18. The van der Waals surface area contributed by atoms with Crippen LogP contribution in [0, 0.1) is 13.8 Å². The van der Waals surface area contributed by atoms with E-state index in [2.05, 4.69) is 22.4 Å². The Kier molecular flexibility index (Phi) is 7.53. The van der Waals surface area contributed by atoms with Gasteiger partial charge in [0.2, 0.25) is 5.13 Å². The molecule has 1 heterocycles. The third-order valence-electron chi connectivity index (χ3n) is 3.45. The Hall–Kier alpha value is -1.31. The minimum Gasteiger partial charge on any atom is -0.481 e. The first-order valence-corrected chi connectivity index (χ1v) is 10.3. The molecular weight excluding hydrogens is 378 g/mol. The molecule has 0 spiro atoms. The summed E-state index contributed by atoms with van der Waals surface area (Å²) in [5.41, 5.74) is 1.84. The molecule has 1 atom stereocenters. The van der Waals surface area contributed by atoms with Crippen LogP contribution in [0.2, 0.25) is 5.02 Å². The number of hydrogen-bond donors (Lipinski definition) is 1. The number of anilines is 1. The van der Waals surface area contributed by atoms with Crippen LogP contribution in [0.5, 0.6) is 5.75 Å². The van der Waals surface area contributed by atoms with Gasteiger partial charge in [-0.1, -0.05) is 48.0 Å². The molecule has 0 aliphatic rings. The Bertz CT molecular complexity index is 713. The summed E-state index contributed by atoms with van der Waals surface area (Å²) in [6, 6.07) is 3.65. The quantitative estimate of drug-likeness (QED) is 0.379. The Morgan fingerprint density at radius 1 is 1.36 bits per heavy atom. The van der Waals surface area contributed by atoms with Gasteiger partial charge in [-0.3, -0.25) is 10.1 Å². The van der Waals surface area contributed by atoms with Crippen LogP contribution in [-0.4, -0.2) is 28.0 Å². The molecule has 0 aliphatic heterocycles. The molecule has 0 saturated heterocycles. The van der Waals surface area contributed by atoms with Gasteiger partial charge in [0.1, 0.15) is 5.75 Å². The van der Waals surface area contributed by atoms with Crippen LogP contribution in [0.25, 0.3) is 0 Å². The van der Waals surface area contributed by atoms with Gasteiger partial charge in [-0.2, -0.15) is 0 Å². The van der Waals surface area contributed by atoms with Crippen LogP contribution in [-0.2, 0) is 4.79 Å². The smallest absolute Gasteiger partial charge is 0.266 e. The number of aromatic nitrogens is 2. The van der Waals surface area contributed by atoms with Crippen molar-refractivity contribution in [2.75, 3.05) is 11.1 Å². The Morgan fingerprint density at radius 3 is 2.68 bits per heavy atom. The topological polar surface area (TPSA) is 64.1 Å². The summed E-state index contributed by atoms with van der Waals surface area (Å²) >= 11 is 9.19. The second-order valence-electron chi connectivity index (χ2n) is 5.70. The number of benzene rings is 1. The standard InChI is InChI=1S/C17H22ClN3O2S2/c1-5-6-7-24-17-21-20-16(25-17)19-15(22)12(4)23-13-8-10(2)14(18)11(3)9-13/h8-9,12H,5-7H2,1-4H3,(H,19,20,22). The maximum Gasteiger partial charge on any atom is 0.266 e. The lowest BCUT2D eigenvalue weighted by Crippen LogP contribution is -2.30. The van der Waals surface area contributed by atoms with Crippen LogP contribution in [0.1, 0.15) is 37.8 Å². The predicted octanol–water partition coefficient (Wildman–Crippen LogP) is 5.11. The van der Waals surface area contributed by atoms with Crippen molar-refractivity contribution in [2.45, 2.75) is 51.0 Å². The molecule has 1 N–H and O–H groups in total. The van der Waals surface area contributed by atoms with E-state index in [1.54, 1.807) is 18.7 Å². The molecule has 0 aliphatic carbocycles. The molecule has 136 valence electrons. The van der Waals surface area contributed by atoms with Crippen molar-refractivity contribution in [2.24, 2.45) is 0 Å². The lowest BCUT2D eigenvalue weighted by molar-refractivity contribution is -0.122. The molecule has 5 nitrogen and oxygen atoms in total. The first-order valence-electron chi connectivity index (χ1n) is 8.11. The van der Waals surface area contributed by atoms with E-state index in [1.807, 2.05) is 26.0 Å². The number of rotatable bonds is 8.